The van der Waals surface area contributed by atoms with Crippen molar-refractivity contribution in [2.45, 2.75) is 19.2 Å². The zero-order chi connectivity index (χ0) is 20.7. The third-order valence-electron chi connectivity index (χ3n) is 3.68. The molecular weight excluding hydrogens is 375 g/mol. The molecule has 8 heteroatoms. The van der Waals surface area contributed by atoms with Gasteiger partial charge in [-0.15, -0.1) is 0 Å². The van der Waals surface area contributed by atoms with Crippen LogP contribution in [0.2, 0.25) is 0 Å². The Kier molecular flexibility index (Phi) is 6.81. The van der Waals surface area contributed by atoms with E-state index in [9.17, 15) is 22.8 Å². The lowest BCUT2D eigenvalue weighted by Crippen LogP contribution is -2.29. The minimum atomic E-state index is -4.46. The van der Waals surface area contributed by atoms with Crippen molar-refractivity contribution in [2.24, 2.45) is 0 Å². The van der Waals surface area contributed by atoms with Crippen molar-refractivity contribution in [3.05, 3.63) is 65.7 Å². The first kappa shape index (κ1) is 21.0. The summed E-state index contributed by atoms with van der Waals surface area (Å²) in [5, 5.41) is 2.39. The molecule has 0 aromatic heterocycles. The number of alkyl halides is 3. The van der Waals surface area contributed by atoms with E-state index in [2.05, 4.69) is 5.32 Å². The van der Waals surface area contributed by atoms with Crippen LogP contribution in [0.1, 0.15) is 18.1 Å². The van der Waals surface area contributed by atoms with E-state index in [0.29, 0.717) is 11.3 Å². The molecule has 28 heavy (non-hydrogen) atoms. The van der Waals surface area contributed by atoms with E-state index in [-0.39, 0.29) is 5.69 Å². The predicted octanol–water partition coefficient (Wildman–Crippen LogP) is 4.30. The molecule has 0 bridgehead atoms. The maximum Gasteiger partial charge on any atom is 0.416 e. The summed E-state index contributed by atoms with van der Waals surface area (Å²) in [6.07, 6.45) is -2.96. The topological polar surface area (TPSA) is 64.6 Å². The zero-order valence-corrected chi connectivity index (χ0v) is 15.1. The molecule has 2 rings (SSSR count). The van der Waals surface area contributed by atoms with Crippen molar-refractivity contribution in [3.8, 4) is 5.75 Å². The average molecular weight is 393 g/mol. The Balaban J connectivity index is 1.92. The number of esters is 1. The van der Waals surface area contributed by atoms with Crippen molar-refractivity contribution in [1.82, 2.24) is 0 Å². The summed E-state index contributed by atoms with van der Waals surface area (Å²) in [7, 11) is 1.50. The Morgan fingerprint density at radius 1 is 1.07 bits per heavy atom. The van der Waals surface area contributed by atoms with Crippen LogP contribution in [0.15, 0.2) is 54.6 Å². The van der Waals surface area contributed by atoms with Gasteiger partial charge in [0.05, 0.1) is 12.7 Å². The molecule has 5 nitrogen and oxygen atoms in total. The second-order valence-corrected chi connectivity index (χ2v) is 5.72. The lowest BCUT2D eigenvalue weighted by atomic mass is 10.2. The highest BCUT2D eigenvalue weighted by molar-refractivity contribution is 5.96. The number of carbonyl (C=O) groups is 2. The normalized spacial score (nSPS) is 12.5. The van der Waals surface area contributed by atoms with Gasteiger partial charge in [0.25, 0.3) is 5.91 Å². The summed E-state index contributed by atoms with van der Waals surface area (Å²) in [5.74, 6) is -0.848. The first-order chi connectivity index (χ1) is 13.2. The van der Waals surface area contributed by atoms with Crippen molar-refractivity contribution >= 4 is 23.6 Å². The van der Waals surface area contributed by atoms with E-state index < -0.39 is 29.7 Å². The quantitative estimate of drug-likeness (QED) is 0.587. The summed E-state index contributed by atoms with van der Waals surface area (Å²) >= 11 is 0. The van der Waals surface area contributed by atoms with Crippen LogP contribution in [0.25, 0.3) is 6.08 Å². The molecule has 0 heterocycles. The standard InChI is InChI=1S/C20H18F3NO4/c1-13(19(26)24-16-10-8-15(9-11-16)20(21,22)23)28-18(25)12-7-14-5-3-4-6-17(14)27-2/h3-13H,1-2H3,(H,24,26)/b12-7+/t13-/m1/s1. The number of halogens is 3. The molecule has 0 fully saturated rings. The van der Waals surface area contributed by atoms with Gasteiger partial charge in [-0.2, -0.15) is 13.2 Å². The Labute approximate surface area is 159 Å². The third-order valence-corrected chi connectivity index (χ3v) is 3.68. The predicted molar refractivity (Wildman–Crippen MR) is 97.7 cm³/mol. The Bertz CT molecular complexity index is 860. The molecule has 0 saturated carbocycles. The summed E-state index contributed by atoms with van der Waals surface area (Å²) in [4.78, 5) is 23.9. The van der Waals surface area contributed by atoms with Gasteiger partial charge in [0, 0.05) is 17.3 Å². The number of nitrogens with one attached hydrogen (secondary N) is 1. The van der Waals surface area contributed by atoms with E-state index in [4.69, 9.17) is 9.47 Å². The van der Waals surface area contributed by atoms with Crippen molar-refractivity contribution in [1.29, 1.82) is 0 Å². The van der Waals surface area contributed by atoms with E-state index in [0.717, 1.165) is 30.3 Å². The van der Waals surface area contributed by atoms with E-state index in [1.165, 1.54) is 20.1 Å². The monoisotopic (exact) mass is 393 g/mol. The van der Waals surface area contributed by atoms with Gasteiger partial charge >= 0.3 is 12.1 Å². The van der Waals surface area contributed by atoms with Gasteiger partial charge in [-0.05, 0) is 43.3 Å². The Morgan fingerprint density at radius 2 is 1.71 bits per heavy atom. The summed E-state index contributed by atoms with van der Waals surface area (Å²) in [5.41, 5.74) is -0.0132. The van der Waals surface area contributed by atoms with Crippen molar-refractivity contribution < 1.29 is 32.2 Å². The lowest BCUT2D eigenvalue weighted by molar-refractivity contribution is -0.148. The van der Waals surface area contributed by atoms with Gasteiger partial charge < -0.3 is 14.8 Å². The molecule has 0 unspecified atom stereocenters. The van der Waals surface area contributed by atoms with E-state index in [1.807, 2.05) is 0 Å². The molecule has 2 aromatic rings. The first-order valence-electron chi connectivity index (χ1n) is 8.20. The van der Waals surface area contributed by atoms with Crippen LogP contribution in [0.4, 0.5) is 18.9 Å². The molecule has 148 valence electrons. The van der Waals surface area contributed by atoms with Crippen molar-refractivity contribution in [2.75, 3.05) is 12.4 Å². The fourth-order valence-corrected chi connectivity index (χ4v) is 2.22. The van der Waals surface area contributed by atoms with Crippen LogP contribution < -0.4 is 10.1 Å². The highest BCUT2D eigenvalue weighted by atomic mass is 19.4. The van der Waals surface area contributed by atoms with Gasteiger partial charge in [-0.3, -0.25) is 4.79 Å². The SMILES string of the molecule is COc1ccccc1/C=C/C(=O)O[C@H](C)C(=O)Nc1ccc(C(F)(F)F)cc1. The second-order valence-electron chi connectivity index (χ2n) is 5.72. The fourth-order valence-electron chi connectivity index (χ4n) is 2.22. The number of para-hydroxylation sites is 1. The van der Waals surface area contributed by atoms with Gasteiger partial charge in [-0.25, -0.2) is 4.79 Å². The first-order valence-corrected chi connectivity index (χ1v) is 8.20. The maximum absolute atomic E-state index is 12.5. The highest BCUT2D eigenvalue weighted by Crippen LogP contribution is 2.29. The maximum atomic E-state index is 12.5. The number of carbonyl (C=O) groups excluding carboxylic acids is 2. The fraction of sp³-hybridized carbons (Fsp3) is 0.200. The second kappa shape index (κ2) is 9.07. The van der Waals surface area contributed by atoms with E-state index in [1.54, 1.807) is 24.3 Å². The molecule has 1 amide bonds. The number of benzene rings is 2. The number of methoxy groups -OCH3 is 1. The van der Waals surface area contributed by atoms with Gasteiger partial charge in [-0.1, -0.05) is 18.2 Å². The Hall–Kier alpha value is -3.29. The number of ether oxygens (including phenoxy) is 2. The average Bonchev–Trinajstić information content (AvgIpc) is 2.66. The molecule has 0 aliphatic carbocycles. The Morgan fingerprint density at radius 3 is 2.32 bits per heavy atom. The van der Waals surface area contributed by atoms with Crippen LogP contribution in [-0.2, 0) is 20.5 Å². The summed E-state index contributed by atoms with van der Waals surface area (Å²) in [6, 6.07) is 11.0. The van der Waals surface area contributed by atoms with Crippen LogP contribution in [0.5, 0.6) is 5.75 Å². The summed E-state index contributed by atoms with van der Waals surface area (Å²) < 4.78 is 47.8. The zero-order valence-electron chi connectivity index (χ0n) is 15.1. The molecule has 0 aliphatic heterocycles. The number of anilines is 1. The smallest absolute Gasteiger partial charge is 0.416 e. The molecular formula is C20H18F3NO4. The van der Waals surface area contributed by atoms with E-state index >= 15 is 0 Å². The molecule has 0 spiro atoms. The number of hydrogen-bond acceptors (Lipinski definition) is 4. The summed E-state index contributed by atoms with van der Waals surface area (Å²) in [6.45, 7) is 1.36. The third kappa shape index (κ3) is 5.87. The highest BCUT2D eigenvalue weighted by Gasteiger charge is 2.30. The number of hydrogen-bond donors (Lipinski definition) is 1. The van der Waals surface area contributed by atoms with Gasteiger partial charge in [0.1, 0.15) is 5.75 Å². The van der Waals surface area contributed by atoms with Crippen LogP contribution in [0, 0.1) is 0 Å². The molecule has 0 saturated heterocycles. The minimum Gasteiger partial charge on any atom is -0.496 e. The lowest BCUT2D eigenvalue weighted by Gasteiger charge is -2.13. The molecule has 1 atom stereocenters. The molecule has 1 N–H and O–H groups in total. The largest absolute Gasteiger partial charge is 0.496 e. The van der Waals surface area contributed by atoms with Gasteiger partial charge in [0.2, 0.25) is 0 Å². The van der Waals surface area contributed by atoms with Crippen LogP contribution in [0.3, 0.4) is 0 Å². The number of amides is 1. The van der Waals surface area contributed by atoms with Gasteiger partial charge in [0.15, 0.2) is 6.10 Å². The van der Waals surface area contributed by atoms with Crippen molar-refractivity contribution in [3.63, 3.8) is 0 Å². The van der Waals surface area contributed by atoms with Crippen LogP contribution in [-0.4, -0.2) is 25.1 Å². The molecule has 2 aromatic carbocycles. The molecule has 0 aliphatic rings. The molecule has 0 radical (unpaired) electrons. The van der Waals surface area contributed by atoms with Crippen LogP contribution >= 0.6 is 0 Å². The number of rotatable bonds is 6. The minimum absolute atomic E-state index is 0.158.